The largest absolute Gasteiger partial charge is 0.354 e. The highest BCUT2D eigenvalue weighted by Crippen LogP contribution is 2.49. The minimum Gasteiger partial charge on any atom is -0.354 e. The van der Waals surface area contributed by atoms with Crippen LogP contribution in [0, 0.1) is 11.3 Å². The number of tetrazole rings is 1. The molecule has 144 valence electrons. The molecule has 1 N–H and O–H groups in total. The Morgan fingerprint density at radius 2 is 2.25 bits per heavy atom. The molecule has 3 aromatic rings. The van der Waals surface area contributed by atoms with E-state index in [4.69, 9.17) is 11.6 Å². The van der Waals surface area contributed by atoms with Crippen LogP contribution in [0.1, 0.15) is 29.6 Å². The molecule has 1 saturated carbocycles. The molecule has 9 heteroatoms. The number of aromatic nitrogens is 5. The van der Waals surface area contributed by atoms with Gasteiger partial charge in [0, 0.05) is 35.6 Å². The third-order valence-electron chi connectivity index (χ3n) is 6.11. The van der Waals surface area contributed by atoms with Crippen LogP contribution in [0.2, 0.25) is 5.02 Å². The number of halogens is 1. The van der Waals surface area contributed by atoms with Crippen molar-refractivity contribution in [1.29, 1.82) is 0 Å². The first-order valence-electron chi connectivity index (χ1n) is 9.47. The minimum absolute atomic E-state index is 0.0748. The van der Waals surface area contributed by atoms with Crippen molar-refractivity contribution in [2.45, 2.75) is 19.3 Å². The summed E-state index contributed by atoms with van der Waals surface area (Å²) in [6.07, 6.45) is 3.48. The molecule has 1 aliphatic heterocycles. The second-order valence-corrected chi connectivity index (χ2v) is 8.18. The molecule has 1 amide bonds. The average molecular weight is 398 g/mol. The Kier molecular flexibility index (Phi) is 4.16. The fraction of sp³-hybridized carbons (Fsp3) is 0.421. The van der Waals surface area contributed by atoms with E-state index in [9.17, 15) is 4.79 Å². The number of rotatable bonds is 4. The number of fused-ring (bicyclic) bond motifs is 2. The van der Waals surface area contributed by atoms with Crippen molar-refractivity contribution in [2.24, 2.45) is 11.3 Å². The van der Waals surface area contributed by atoms with Gasteiger partial charge in [-0.05, 0) is 59.5 Å². The highest BCUT2D eigenvalue weighted by atomic mass is 35.5. The molecule has 0 unspecified atom stereocenters. The van der Waals surface area contributed by atoms with Crippen molar-refractivity contribution in [3.63, 3.8) is 0 Å². The van der Waals surface area contributed by atoms with Gasteiger partial charge in [-0.15, -0.1) is 14.8 Å². The summed E-state index contributed by atoms with van der Waals surface area (Å²) in [7, 11) is 0. The summed E-state index contributed by atoms with van der Waals surface area (Å²) in [6, 6.07) is 10.9. The van der Waals surface area contributed by atoms with Crippen molar-refractivity contribution in [2.75, 3.05) is 24.5 Å². The fourth-order valence-electron chi connectivity index (χ4n) is 4.67. The lowest BCUT2D eigenvalue weighted by Crippen LogP contribution is -2.40. The van der Waals surface area contributed by atoms with Crippen LogP contribution in [0.4, 0.5) is 5.82 Å². The molecule has 2 aliphatic rings. The van der Waals surface area contributed by atoms with Gasteiger partial charge < -0.3 is 10.2 Å². The van der Waals surface area contributed by atoms with Crippen molar-refractivity contribution in [3.8, 4) is 0 Å². The molecule has 1 saturated heterocycles. The zero-order valence-electron chi connectivity index (χ0n) is 15.3. The van der Waals surface area contributed by atoms with Crippen LogP contribution >= 0.6 is 11.6 Å². The van der Waals surface area contributed by atoms with Crippen LogP contribution < -0.4 is 10.2 Å². The molecule has 3 heterocycles. The molecule has 2 aromatic heterocycles. The molecule has 8 nitrogen and oxygen atoms in total. The van der Waals surface area contributed by atoms with Gasteiger partial charge >= 0.3 is 0 Å². The Morgan fingerprint density at radius 1 is 1.32 bits per heavy atom. The number of nitrogens with zero attached hydrogens (tertiary/aromatic N) is 6. The van der Waals surface area contributed by atoms with Crippen LogP contribution in [0.25, 0.3) is 5.65 Å². The lowest BCUT2D eigenvalue weighted by atomic mass is 9.80. The number of hydrogen-bond acceptors (Lipinski definition) is 6. The summed E-state index contributed by atoms with van der Waals surface area (Å²) in [5.41, 5.74) is 1.30. The maximum atomic E-state index is 12.6. The third kappa shape index (κ3) is 2.97. The van der Waals surface area contributed by atoms with Gasteiger partial charge in [-0.2, -0.15) is 0 Å². The van der Waals surface area contributed by atoms with E-state index in [2.05, 4.69) is 30.8 Å². The quantitative estimate of drug-likeness (QED) is 0.726. The second kappa shape index (κ2) is 6.70. The fourth-order valence-corrected chi connectivity index (χ4v) is 4.87. The average Bonchev–Trinajstić information content (AvgIpc) is 3.39. The van der Waals surface area contributed by atoms with E-state index in [0.717, 1.165) is 25.3 Å². The number of carbonyl (C=O) groups excluding carboxylic acids is 1. The predicted molar refractivity (Wildman–Crippen MR) is 104 cm³/mol. The molecule has 1 aliphatic carbocycles. The molecule has 1 aromatic carbocycles. The Balaban J connectivity index is 1.32. The second-order valence-electron chi connectivity index (χ2n) is 7.74. The van der Waals surface area contributed by atoms with Crippen molar-refractivity contribution >= 4 is 29.0 Å². The lowest BCUT2D eigenvalue weighted by molar-refractivity contribution is 0.0927. The standard InChI is InChI=1S/C19H20ClN7O/c20-15-5-1-3-13(9-15)18(28)21-11-19-8-2-4-14(19)10-26(12-19)17-7-6-16-22-24-25-27(16)23-17/h1,3,5-7,9,14H,2,4,8,10-12H2,(H,21,28)/t14-,19-/m0/s1. The first-order valence-corrected chi connectivity index (χ1v) is 9.85. The van der Waals surface area contributed by atoms with E-state index in [0.29, 0.717) is 28.7 Å². The number of anilines is 1. The van der Waals surface area contributed by atoms with Crippen LogP contribution in [-0.2, 0) is 0 Å². The van der Waals surface area contributed by atoms with Gasteiger partial charge in [0.1, 0.15) is 0 Å². The molecule has 5 rings (SSSR count). The van der Waals surface area contributed by atoms with Crippen LogP contribution in [-0.4, -0.2) is 50.8 Å². The van der Waals surface area contributed by atoms with E-state index < -0.39 is 0 Å². The van der Waals surface area contributed by atoms with Gasteiger partial charge in [0.15, 0.2) is 11.5 Å². The van der Waals surface area contributed by atoms with E-state index in [1.54, 1.807) is 24.3 Å². The zero-order valence-corrected chi connectivity index (χ0v) is 16.0. The highest BCUT2D eigenvalue weighted by molar-refractivity contribution is 6.30. The van der Waals surface area contributed by atoms with E-state index in [1.165, 1.54) is 17.5 Å². The maximum Gasteiger partial charge on any atom is 0.251 e. The Labute approximate surface area is 166 Å². The Bertz CT molecular complexity index is 1040. The van der Waals surface area contributed by atoms with Gasteiger partial charge in [0.25, 0.3) is 5.91 Å². The van der Waals surface area contributed by atoms with E-state index in [-0.39, 0.29) is 11.3 Å². The van der Waals surface area contributed by atoms with Gasteiger partial charge in [0.2, 0.25) is 0 Å². The van der Waals surface area contributed by atoms with Gasteiger partial charge in [0.05, 0.1) is 0 Å². The maximum absolute atomic E-state index is 12.6. The summed E-state index contributed by atoms with van der Waals surface area (Å²) in [5, 5.41) is 19.7. The minimum atomic E-state index is -0.0748. The smallest absolute Gasteiger partial charge is 0.251 e. The summed E-state index contributed by atoms with van der Waals surface area (Å²) >= 11 is 6.01. The van der Waals surface area contributed by atoms with Gasteiger partial charge in [-0.25, -0.2) is 0 Å². The molecular formula is C19H20ClN7O. The summed E-state index contributed by atoms with van der Waals surface area (Å²) in [4.78, 5) is 14.9. The number of hydrogen-bond donors (Lipinski definition) is 1. The van der Waals surface area contributed by atoms with E-state index >= 15 is 0 Å². The van der Waals surface area contributed by atoms with Crippen LogP contribution in [0.3, 0.4) is 0 Å². The summed E-state index contributed by atoms with van der Waals surface area (Å²) in [6.45, 7) is 2.47. The van der Waals surface area contributed by atoms with Crippen LogP contribution in [0.15, 0.2) is 36.4 Å². The topological polar surface area (TPSA) is 88.3 Å². The van der Waals surface area contributed by atoms with Gasteiger partial charge in [-0.3, -0.25) is 4.79 Å². The molecule has 0 radical (unpaired) electrons. The molecule has 0 bridgehead atoms. The summed E-state index contributed by atoms with van der Waals surface area (Å²) in [5.74, 6) is 1.34. The van der Waals surface area contributed by atoms with Crippen molar-refractivity contribution in [3.05, 3.63) is 47.0 Å². The highest BCUT2D eigenvalue weighted by Gasteiger charge is 2.49. The third-order valence-corrected chi connectivity index (χ3v) is 6.34. The molecule has 0 spiro atoms. The zero-order chi connectivity index (χ0) is 19.1. The predicted octanol–water partition coefficient (Wildman–Crippen LogP) is 2.21. The Hall–Kier alpha value is -2.74. The molecule has 28 heavy (non-hydrogen) atoms. The molecule has 2 atom stereocenters. The number of carbonyl (C=O) groups is 1. The molecule has 2 fully saturated rings. The lowest BCUT2D eigenvalue weighted by Gasteiger charge is -2.29. The first-order chi connectivity index (χ1) is 13.6. The SMILES string of the molecule is O=C(NC[C@]12CCC[C@H]1CN(c1ccc3nnnn3n1)C2)c1cccc(Cl)c1. The normalized spacial score (nSPS) is 23.9. The number of nitrogens with one attached hydrogen (secondary N) is 1. The van der Waals surface area contributed by atoms with Crippen molar-refractivity contribution in [1.82, 2.24) is 30.6 Å². The number of amides is 1. The Morgan fingerprint density at radius 3 is 3.14 bits per heavy atom. The van der Waals surface area contributed by atoms with Crippen molar-refractivity contribution < 1.29 is 4.79 Å². The van der Waals surface area contributed by atoms with Gasteiger partial charge in [-0.1, -0.05) is 24.1 Å². The van der Waals surface area contributed by atoms with E-state index in [1.807, 2.05) is 12.1 Å². The van der Waals surface area contributed by atoms with Crippen LogP contribution in [0.5, 0.6) is 0 Å². The monoisotopic (exact) mass is 397 g/mol. The first kappa shape index (κ1) is 17.4. The number of benzene rings is 1. The summed E-state index contributed by atoms with van der Waals surface area (Å²) < 4.78 is 1.46. The molecular weight excluding hydrogens is 378 g/mol.